The third-order valence-corrected chi connectivity index (χ3v) is 3.99. The smallest absolute Gasteiger partial charge is 0.343 e. The predicted molar refractivity (Wildman–Crippen MR) is 104 cm³/mol. The molecule has 28 heavy (non-hydrogen) atoms. The zero-order chi connectivity index (χ0) is 20.3. The number of esters is 1. The number of hydrogen-bond acceptors (Lipinski definition) is 8. The fourth-order valence-corrected chi connectivity index (χ4v) is 2.56. The van der Waals surface area contributed by atoms with Crippen molar-refractivity contribution < 1.29 is 14.3 Å². The van der Waals surface area contributed by atoms with Crippen molar-refractivity contribution in [2.24, 2.45) is 0 Å². The first-order chi connectivity index (χ1) is 13.4. The molecule has 3 aromatic rings. The van der Waals surface area contributed by atoms with E-state index in [1.807, 2.05) is 25.1 Å². The van der Waals surface area contributed by atoms with E-state index in [0.717, 1.165) is 5.56 Å². The van der Waals surface area contributed by atoms with Crippen LogP contribution in [0.1, 0.15) is 21.5 Å². The van der Waals surface area contributed by atoms with E-state index in [1.54, 1.807) is 30.3 Å². The number of carbonyl (C=O) groups excluding carboxylic acids is 1. The van der Waals surface area contributed by atoms with Crippen LogP contribution < -0.4 is 20.9 Å². The molecule has 0 aliphatic rings. The molecule has 1 heterocycles. The van der Waals surface area contributed by atoms with Crippen LogP contribution in [0.15, 0.2) is 42.5 Å². The quantitative estimate of drug-likeness (QED) is 0.524. The third-order valence-electron chi connectivity index (χ3n) is 3.99. The standard InChI is InChI=1S/C20H17N5O3/c1-11-3-5-12(6-4-11)19(26)28-15-8-7-13(9-16(15)27-2)17-14(10-21)18(22)25-20(23)24-17/h3-9H,1-2H3,(H4,22,23,24,25). The van der Waals surface area contributed by atoms with Crippen LogP contribution in [0, 0.1) is 18.3 Å². The normalized spacial score (nSPS) is 10.2. The minimum atomic E-state index is -0.515. The number of anilines is 2. The number of nitrogen functional groups attached to an aromatic ring is 2. The van der Waals surface area contributed by atoms with Gasteiger partial charge in [-0.3, -0.25) is 0 Å². The van der Waals surface area contributed by atoms with Crippen LogP contribution in [0.2, 0.25) is 0 Å². The van der Waals surface area contributed by atoms with Crippen molar-refractivity contribution in [1.82, 2.24) is 9.97 Å². The number of nitrogens with zero attached hydrogens (tertiary/aromatic N) is 3. The number of benzene rings is 2. The molecule has 2 aromatic carbocycles. The number of aromatic nitrogens is 2. The lowest BCUT2D eigenvalue weighted by Crippen LogP contribution is -2.09. The number of nitriles is 1. The highest BCUT2D eigenvalue weighted by atomic mass is 16.6. The molecule has 0 atom stereocenters. The minimum absolute atomic E-state index is 0.0150. The molecule has 0 aliphatic heterocycles. The van der Waals surface area contributed by atoms with Crippen LogP contribution in [-0.4, -0.2) is 23.0 Å². The number of nitrogens with two attached hydrogens (primary N) is 2. The van der Waals surface area contributed by atoms with Gasteiger partial charge >= 0.3 is 5.97 Å². The van der Waals surface area contributed by atoms with Crippen LogP contribution in [0.5, 0.6) is 11.5 Å². The van der Waals surface area contributed by atoms with Crippen molar-refractivity contribution in [3.05, 3.63) is 59.2 Å². The highest BCUT2D eigenvalue weighted by molar-refractivity contribution is 5.91. The minimum Gasteiger partial charge on any atom is -0.493 e. The summed E-state index contributed by atoms with van der Waals surface area (Å²) in [5, 5.41) is 9.35. The Morgan fingerprint density at radius 2 is 1.79 bits per heavy atom. The summed E-state index contributed by atoms with van der Waals surface area (Å²) in [6.45, 7) is 1.93. The molecule has 4 N–H and O–H groups in total. The van der Waals surface area contributed by atoms with Crippen molar-refractivity contribution in [2.45, 2.75) is 6.92 Å². The zero-order valence-electron chi connectivity index (χ0n) is 15.3. The average Bonchev–Trinajstić information content (AvgIpc) is 2.68. The van der Waals surface area contributed by atoms with E-state index in [4.69, 9.17) is 20.9 Å². The Labute approximate surface area is 161 Å². The van der Waals surface area contributed by atoms with E-state index < -0.39 is 5.97 Å². The van der Waals surface area contributed by atoms with Crippen LogP contribution in [0.4, 0.5) is 11.8 Å². The maximum Gasteiger partial charge on any atom is 0.343 e. The summed E-state index contributed by atoms with van der Waals surface area (Å²) in [4.78, 5) is 20.3. The molecule has 0 radical (unpaired) electrons. The van der Waals surface area contributed by atoms with Gasteiger partial charge in [-0.1, -0.05) is 17.7 Å². The highest BCUT2D eigenvalue weighted by Crippen LogP contribution is 2.34. The zero-order valence-corrected chi connectivity index (χ0v) is 15.3. The van der Waals surface area contributed by atoms with Gasteiger partial charge in [-0.05, 0) is 37.3 Å². The molecular formula is C20H17N5O3. The topological polar surface area (TPSA) is 137 Å². The molecule has 3 rings (SSSR count). The molecule has 0 aliphatic carbocycles. The van der Waals surface area contributed by atoms with Crippen LogP contribution in [0.3, 0.4) is 0 Å². The monoisotopic (exact) mass is 375 g/mol. The molecule has 8 nitrogen and oxygen atoms in total. The number of hydrogen-bond donors (Lipinski definition) is 2. The molecule has 0 unspecified atom stereocenters. The van der Waals surface area contributed by atoms with Crippen molar-refractivity contribution in [1.29, 1.82) is 5.26 Å². The van der Waals surface area contributed by atoms with Gasteiger partial charge in [0.25, 0.3) is 0 Å². The number of carbonyl (C=O) groups is 1. The Hall–Kier alpha value is -4.12. The molecular weight excluding hydrogens is 358 g/mol. The summed E-state index contributed by atoms with van der Waals surface area (Å²) in [6.07, 6.45) is 0. The summed E-state index contributed by atoms with van der Waals surface area (Å²) in [7, 11) is 1.44. The number of ether oxygens (including phenoxy) is 2. The second-order valence-corrected chi connectivity index (χ2v) is 5.92. The molecule has 0 saturated carbocycles. The second kappa shape index (κ2) is 7.63. The molecule has 0 bridgehead atoms. The first kappa shape index (κ1) is 18.7. The van der Waals surface area contributed by atoms with Gasteiger partial charge in [0.15, 0.2) is 11.5 Å². The van der Waals surface area contributed by atoms with E-state index in [2.05, 4.69) is 9.97 Å². The third kappa shape index (κ3) is 3.68. The van der Waals surface area contributed by atoms with E-state index in [0.29, 0.717) is 11.1 Å². The van der Waals surface area contributed by atoms with Gasteiger partial charge in [0.1, 0.15) is 17.5 Å². The molecule has 1 aromatic heterocycles. The van der Waals surface area contributed by atoms with Gasteiger partial charge in [0.2, 0.25) is 5.95 Å². The van der Waals surface area contributed by atoms with Gasteiger partial charge in [0.05, 0.1) is 18.4 Å². The lowest BCUT2D eigenvalue weighted by molar-refractivity contribution is 0.0730. The van der Waals surface area contributed by atoms with Gasteiger partial charge in [0, 0.05) is 5.56 Å². The van der Waals surface area contributed by atoms with E-state index >= 15 is 0 Å². The maximum absolute atomic E-state index is 12.4. The summed E-state index contributed by atoms with van der Waals surface area (Å²) < 4.78 is 10.8. The van der Waals surface area contributed by atoms with Crippen molar-refractivity contribution >= 4 is 17.7 Å². The Balaban J connectivity index is 1.97. The van der Waals surface area contributed by atoms with E-state index in [1.165, 1.54) is 7.11 Å². The summed E-state index contributed by atoms with van der Waals surface area (Å²) >= 11 is 0. The first-order valence-corrected chi connectivity index (χ1v) is 8.23. The average molecular weight is 375 g/mol. The Kier molecular flexibility index (Phi) is 5.09. The fourth-order valence-electron chi connectivity index (χ4n) is 2.56. The molecule has 0 saturated heterocycles. The van der Waals surface area contributed by atoms with Gasteiger partial charge in [-0.15, -0.1) is 0 Å². The number of aryl methyl sites for hydroxylation is 1. The lowest BCUT2D eigenvalue weighted by atomic mass is 10.1. The van der Waals surface area contributed by atoms with Crippen molar-refractivity contribution in [2.75, 3.05) is 18.6 Å². The van der Waals surface area contributed by atoms with Crippen molar-refractivity contribution in [3.8, 4) is 28.8 Å². The molecule has 140 valence electrons. The first-order valence-electron chi connectivity index (χ1n) is 8.23. The maximum atomic E-state index is 12.4. The van der Waals surface area contributed by atoms with Crippen molar-refractivity contribution in [3.63, 3.8) is 0 Å². The lowest BCUT2D eigenvalue weighted by Gasteiger charge is -2.12. The Morgan fingerprint density at radius 3 is 2.43 bits per heavy atom. The second-order valence-electron chi connectivity index (χ2n) is 5.92. The van der Waals surface area contributed by atoms with E-state index in [9.17, 15) is 10.1 Å². The summed E-state index contributed by atoms with van der Waals surface area (Å²) in [5.74, 6) is -0.0681. The number of methoxy groups -OCH3 is 1. The molecule has 8 heteroatoms. The van der Waals surface area contributed by atoms with Crippen LogP contribution in [0.25, 0.3) is 11.3 Å². The summed E-state index contributed by atoms with van der Waals surface area (Å²) in [6, 6.07) is 13.7. The Bertz CT molecular complexity index is 1090. The Morgan fingerprint density at radius 1 is 1.07 bits per heavy atom. The van der Waals surface area contributed by atoms with Gasteiger partial charge < -0.3 is 20.9 Å². The summed E-state index contributed by atoms with van der Waals surface area (Å²) in [5.41, 5.74) is 13.7. The van der Waals surface area contributed by atoms with Gasteiger partial charge in [-0.2, -0.15) is 10.2 Å². The highest BCUT2D eigenvalue weighted by Gasteiger charge is 2.17. The predicted octanol–water partition coefficient (Wildman–Crippen LogP) is 2.72. The molecule has 0 amide bonds. The molecule has 0 fully saturated rings. The van der Waals surface area contributed by atoms with Gasteiger partial charge in [-0.25, -0.2) is 9.78 Å². The van der Waals surface area contributed by atoms with E-state index in [-0.39, 0.29) is 34.5 Å². The SMILES string of the molecule is COc1cc(-c2nc(N)nc(N)c2C#N)ccc1OC(=O)c1ccc(C)cc1. The van der Waals surface area contributed by atoms with Crippen LogP contribution in [-0.2, 0) is 0 Å². The molecule has 0 spiro atoms. The van der Waals surface area contributed by atoms with Crippen LogP contribution >= 0.6 is 0 Å². The number of rotatable bonds is 4. The fraction of sp³-hybridized carbons (Fsp3) is 0.100. The largest absolute Gasteiger partial charge is 0.493 e.